The normalized spacial score (nSPS) is 10.8. The van der Waals surface area contributed by atoms with Crippen LogP contribution in [0.1, 0.15) is 0 Å². The SMILES string of the molecule is Clc1c(Cl)c(-c2ccccc2)c(-c2ccccc2)c(Cl)c1-c1ccccc1. The highest BCUT2D eigenvalue weighted by atomic mass is 35.5. The average Bonchev–Trinajstić information content (AvgIpc) is 2.73. The zero-order valence-electron chi connectivity index (χ0n) is 14.3. The second-order valence-electron chi connectivity index (χ2n) is 6.17. The Balaban J connectivity index is 2.12. The highest BCUT2D eigenvalue weighted by Crippen LogP contribution is 2.51. The fourth-order valence-corrected chi connectivity index (χ4v) is 4.32. The first-order valence-corrected chi connectivity index (χ1v) is 9.68. The van der Waals surface area contributed by atoms with E-state index in [1.54, 1.807) is 0 Å². The van der Waals surface area contributed by atoms with Crippen molar-refractivity contribution in [3.05, 3.63) is 106 Å². The molecule has 4 rings (SSSR count). The summed E-state index contributed by atoms with van der Waals surface area (Å²) in [4.78, 5) is 0. The molecule has 0 unspecified atom stereocenters. The van der Waals surface area contributed by atoms with Gasteiger partial charge in [-0.3, -0.25) is 0 Å². The number of benzene rings is 4. The zero-order valence-corrected chi connectivity index (χ0v) is 16.6. The fourth-order valence-electron chi connectivity index (χ4n) is 3.27. The first kappa shape index (κ1) is 18.1. The zero-order chi connectivity index (χ0) is 18.8. The Morgan fingerprint density at radius 1 is 0.333 bits per heavy atom. The maximum atomic E-state index is 6.97. The molecule has 3 heteroatoms. The third kappa shape index (κ3) is 3.37. The predicted octanol–water partition coefficient (Wildman–Crippen LogP) is 8.65. The number of rotatable bonds is 3. The molecule has 0 saturated carbocycles. The van der Waals surface area contributed by atoms with Crippen molar-refractivity contribution in [3.63, 3.8) is 0 Å². The molecule has 0 bridgehead atoms. The van der Waals surface area contributed by atoms with E-state index in [2.05, 4.69) is 0 Å². The van der Waals surface area contributed by atoms with Crippen molar-refractivity contribution in [3.8, 4) is 33.4 Å². The second-order valence-corrected chi connectivity index (χ2v) is 7.30. The maximum Gasteiger partial charge on any atom is 0.0692 e. The molecule has 27 heavy (non-hydrogen) atoms. The van der Waals surface area contributed by atoms with Gasteiger partial charge in [-0.25, -0.2) is 0 Å². The molecule has 0 heterocycles. The highest BCUT2D eigenvalue weighted by Gasteiger charge is 2.23. The second kappa shape index (κ2) is 7.78. The van der Waals surface area contributed by atoms with Crippen LogP contribution in [-0.4, -0.2) is 0 Å². The van der Waals surface area contributed by atoms with E-state index in [1.807, 2.05) is 91.0 Å². The Morgan fingerprint density at radius 3 is 1.04 bits per heavy atom. The largest absolute Gasteiger partial charge is 0.0829 e. The van der Waals surface area contributed by atoms with Crippen molar-refractivity contribution in [2.24, 2.45) is 0 Å². The lowest BCUT2D eigenvalue weighted by Crippen LogP contribution is -1.94. The van der Waals surface area contributed by atoms with E-state index in [0.29, 0.717) is 15.1 Å². The third-order valence-corrected chi connectivity index (χ3v) is 5.74. The lowest BCUT2D eigenvalue weighted by molar-refractivity contribution is 1.56. The number of hydrogen-bond donors (Lipinski definition) is 0. The van der Waals surface area contributed by atoms with E-state index < -0.39 is 0 Å². The molecule has 0 radical (unpaired) electrons. The van der Waals surface area contributed by atoms with Gasteiger partial charge in [0, 0.05) is 16.7 Å². The van der Waals surface area contributed by atoms with Crippen molar-refractivity contribution < 1.29 is 0 Å². The van der Waals surface area contributed by atoms with Gasteiger partial charge in [-0.2, -0.15) is 0 Å². The minimum Gasteiger partial charge on any atom is -0.0829 e. The Kier molecular flexibility index (Phi) is 5.22. The van der Waals surface area contributed by atoms with E-state index in [9.17, 15) is 0 Å². The van der Waals surface area contributed by atoms with Gasteiger partial charge in [0.15, 0.2) is 0 Å². The average molecular weight is 410 g/mol. The molecule has 0 saturated heterocycles. The summed E-state index contributed by atoms with van der Waals surface area (Å²) in [6.45, 7) is 0. The molecular formula is C24H15Cl3. The summed E-state index contributed by atoms with van der Waals surface area (Å²) < 4.78 is 0. The smallest absolute Gasteiger partial charge is 0.0692 e. The van der Waals surface area contributed by atoms with Crippen LogP contribution in [0.25, 0.3) is 33.4 Å². The molecule has 0 N–H and O–H groups in total. The summed E-state index contributed by atoms with van der Waals surface area (Å²) in [6.07, 6.45) is 0. The molecular weight excluding hydrogens is 395 g/mol. The van der Waals surface area contributed by atoms with Crippen LogP contribution in [-0.2, 0) is 0 Å². The van der Waals surface area contributed by atoms with Crippen molar-refractivity contribution in [2.75, 3.05) is 0 Å². The minimum absolute atomic E-state index is 0.464. The molecule has 0 aliphatic carbocycles. The van der Waals surface area contributed by atoms with Crippen LogP contribution < -0.4 is 0 Å². The van der Waals surface area contributed by atoms with Gasteiger partial charge < -0.3 is 0 Å². The van der Waals surface area contributed by atoms with E-state index in [-0.39, 0.29) is 0 Å². The molecule has 4 aromatic carbocycles. The van der Waals surface area contributed by atoms with Crippen LogP contribution in [0, 0.1) is 0 Å². The Morgan fingerprint density at radius 2 is 0.630 bits per heavy atom. The standard InChI is InChI=1S/C24H15Cl3/c25-22-19(16-10-4-1-5-11-16)20(17-12-6-2-7-13-17)23(26)24(27)21(22)18-14-8-3-9-15-18/h1-15H. The van der Waals surface area contributed by atoms with E-state index in [4.69, 9.17) is 34.8 Å². The molecule has 0 atom stereocenters. The van der Waals surface area contributed by atoms with Crippen molar-refractivity contribution in [1.82, 2.24) is 0 Å². The van der Waals surface area contributed by atoms with Gasteiger partial charge in [0.1, 0.15) is 0 Å². The summed E-state index contributed by atoms with van der Waals surface area (Å²) in [5.74, 6) is 0. The molecule has 0 aliphatic heterocycles. The maximum absolute atomic E-state index is 6.97. The van der Waals surface area contributed by atoms with Crippen molar-refractivity contribution >= 4 is 34.8 Å². The summed E-state index contributed by atoms with van der Waals surface area (Å²) in [5, 5.41) is 1.57. The molecule has 4 aromatic rings. The van der Waals surface area contributed by atoms with Crippen LogP contribution in [0.4, 0.5) is 0 Å². The number of halogens is 3. The van der Waals surface area contributed by atoms with Crippen LogP contribution >= 0.6 is 34.8 Å². The third-order valence-electron chi connectivity index (χ3n) is 4.51. The molecule has 0 aliphatic rings. The summed E-state index contributed by atoms with van der Waals surface area (Å²) in [6, 6.07) is 29.9. The Hall–Kier alpha value is -2.25. The topological polar surface area (TPSA) is 0 Å². The van der Waals surface area contributed by atoms with Gasteiger partial charge in [-0.15, -0.1) is 0 Å². The Bertz CT molecular complexity index is 1070. The van der Waals surface area contributed by atoms with Crippen LogP contribution in [0.3, 0.4) is 0 Å². The summed E-state index contributed by atoms with van der Waals surface area (Å²) in [7, 11) is 0. The minimum atomic E-state index is 0.464. The van der Waals surface area contributed by atoms with Crippen LogP contribution in [0.15, 0.2) is 91.0 Å². The summed E-state index contributed by atoms with van der Waals surface area (Å²) in [5.41, 5.74) is 5.39. The fraction of sp³-hybridized carbons (Fsp3) is 0. The van der Waals surface area contributed by atoms with Crippen molar-refractivity contribution in [2.45, 2.75) is 0 Å². The van der Waals surface area contributed by atoms with E-state index in [0.717, 1.165) is 33.4 Å². The molecule has 0 amide bonds. The van der Waals surface area contributed by atoms with E-state index in [1.165, 1.54) is 0 Å². The quantitative estimate of drug-likeness (QED) is 0.297. The molecule has 0 spiro atoms. The first-order valence-electron chi connectivity index (χ1n) is 8.55. The van der Waals surface area contributed by atoms with Crippen molar-refractivity contribution in [1.29, 1.82) is 0 Å². The molecule has 132 valence electrons. The summed E-state index contributed by atoms with van der Waals surface area (Å²) >= 11 is 20.5. The lowest BCUT2D eigenvalue weighted by atomic mass is 9.90. The van der Waals surface area contributed by atoms with Crippen LogP contribution in [0.5, 0.6) is 0 Å². The highest BCUT2D eigenvalue weighted by molar-refractivity contribution is 6.49. The first-order chi connectivity index (χ1) is 13.2. The van der Waals surface area contributed by atoms with Crippen LogP contribution in [0.2, 0.25) is 15.1 Å². The van der Waals surface area contributed by atoms with E-state index >= 15 is 0 Å². The van der Waals surface area contributed by atoms with Gasteiger partial charge in [0.25, 0.3) is 0 Å². The predicted molar refractivity (Wildman–Crippen MR) is 118 cm³/mol. The van der Waals surface area contributed by atoms with Gasteiger partial charge in [0.2, 0.25) is 0 Å². The monoisotopic (exact) mass is 408 g/mol. The number of hydrogen-bond acceptors (Lipinski definition) is 0. The lowest BCUT2D eigenvalue weighted by Gasteiger charge is -2.20. The van der Waals surface area contributed by atoms with Gasteiger partial charge in [-0.05, 0) is 16.7 Å². The Labute approximate surface area is 174 Å². The molecule has 0 fully saturated rings. The van der Waals surface area contributed by atoms with Gasteiger partial charge >= 0.3 is 0 Å². The van der Waals surface area contributed by atoms with Gasteiger partial charge in [0.05, 0.1) is 15.1 Å². The molecule has 0 aromatic heterocycles. The van der Waals surface area contributed by atoms with Gasteiger partial charge in [-0.1, -0.05) is 126 Å². The molecule has 0 nitrogen and oxygen atoms in total.